The largest absolute Gasteiger partial charge is 0.504 e. The zero-order valence-electron chi connectivity index (χ0n) is 8.47. The molecule has 0 N–H and O–H groups in total. The number of alkyl halides is 1. The van der Waals surface area contributed by atoms with E-state index in [0.29, 0.717) is 0 Å². The first-order chi connectivity index (χ1) is 7.11. The molecular weight excluding hydrogens is 315 g/mol. The third-order valence-corrected chi connectivity index (χ3v) is 2.67. The first-order valence-electron chi connectivity index (χ1n) is 4.20. The molecule has 1 heterocycles. The van der Waals surface area contributed by atoms with Crippen molar-refractivity contribution in [2.24, 2.45) is 0 Å². The Morgan fingerprint density at radius 1 is 1.47 bits per heavy atom. The van der Waals surface area contributed by atoms with Crippen LogP contribution in [-0.4, -0.2) is 59.2 Å². The Hall–Kier alpha value is -0.540. The van der Waals surface area contributed by atoms with Gasteiger partial charge in [-0.3, -0.25) is 0 Å². The third-order valence-electron chi connectivity index (χ3n) is 1.82. The average molecular weight is 327 g/mol. The van der Waals surface area contributed by atoms with Gasteiger partial charge in [0, 0.05) is 14.2 Å². The van der Waals surface area contributed by atoms with Gasteiger partial charge in [0.05, 0.1) is 6.21 Å². The summed E-state index contributed by atoms with van der Waals surface area (Å²) in [6, 6.07) is -0.420. The molecule has 1 atom stereocenters. The van der Waals surface area contributed by atoms with Crippen molar-refractivity contribution in [2.75, 3.05) is 27.7 Å². The Kier molecular flexibility index (Phi) is 4.61. The van der Waals surface area contributed by atoms with Gasteiger partial charge in [-0.2, -0.15) is 9.37 Å². The van der Waals surface area contributed by atoms with Crippen LogP contribution in [0.15, 0.2) is 0 Å². The molecule has 0 aromatic heterocycles. The smallest absolute Gasteiger partial charge is 0.345 e. The minimum absolute atomic E-state index is 0.0365. The number of carbonyl (C=O) groups excluding carboxylic acids is 2. The van der Waals surface area contributed by atoms with E-state index in [-0.39, 0.29) is 23.3 Å². The van der Waals surface area contributed by atoms with Crippen LogP contribution in [0.3, 0.4) is 0 Å². The lowest BCUT2D eigenvalue weighted by Gasteiger charge is -2.19. The lowest BCUT2D eigenvalue weighted by molar-refractivity contribution is -0.481. The molecular formula is C8H12IN2O4+. The monoisotopic (exact) mass is 327 g/mol. The van der Waals surface area contributed by atoms with Crippen molar-refractivity contribution in [1.82, 2.24) is 4.90 Å². The van der Waals surface area contributed by atoms with Gasteiger partial charge in [-0.15, -0.1) is 4.90 Å². The molecule has 0 aromatic rings. The predicted octanol–water partition coefficient (Wildman–Crippen LogP) is 0.0433. The highest BCUT2D eigenvalue weighted by atomic mass is 127. The number of nitrogens with zero attached hydrogens (tertiary/aromatic N) is 2. The molecule has 3 amide bonds. The van der Waals surface area contributed by atoms with Gasteiger partial charge in [0.25, 0.3) is 0 Å². The maximum atomic E-state index is 11.7. The number of urea groups is 1. The number of ether oxygens (including phenoxy) is 2. The summed E-state index contributed by atoms with van der Waals surface area (Å²) in [5, 5.41) is 0. The molecule has 1 unspecified atom stereocenters. The van der Waals surface area contributed by atoms with E-state index in [1.807, 2.05) is 22.6 Å². The van der Waals surface area contributed by atoms with E-state index in [2.05, 4.69) is 0 Å². The zero-order chi connectivity index (χ0) is 11.4. The van der Waals surface area contributed by atoms with Gasteiger partial charge in [0.2, 0.25) is 0 Å². The second-order valence-corrected chi connectivity index (χ2v) is 4.25. The second kappa shape index (κ2) is 5.52. The summed E-state index contributed by atoms with van der Waals surface area (Å²) in [6.45, 7) is 0.0943. The van der Waals surface area contributed by atoms with Crippen LogP contribution in [0.4, 0.5) is 4.79 Å². The number of hydrogen-bond donors (Lipinski definition) is 0. The number of methoxy groups -OCH3 is 2. The standard InChI is InChI=1S/C8H12IN2O4/c1-14-4-10-3-6(9)7(12)11(5-15-2)8(10)13/h3,6H,4-5H2,1-2H3/q+1. The van der Waals surface area contributed by atoms with Crippen LogP contribution in [0.5, 0.6) is 0 Å². The molecule has 0 spiro atoms. The molecule has 1 aliphatic heterocycles. The zero-order valence-corrected chi connectivity index (χ0v) is 10.6. The molecule has 0 aliphatic carbocycles. The van der Waals surface area contributed by atoms with Crippen molar-refractivity contribution < 1.29 is 23.6 Å². The molecule has 6 nitrogen and oxygen atoms in total. The lowest BCUT2D eigenvalue weighted by atomic mass is 10.3. The minimum atomic E-state index is -0.420. The number of halogens is 1. The molecule has 1 aliphatic rings. The summed E-state index contributed by atoms with van der Waals surface area (Å²) in [5.74, 6) is -0.269. The Labute approximate surface area is 101 Å². The Morgan fingerprint density at radius 3 is 2.67 bits per heavy atom. The van der Waals surface area contributed by atoms with Crippen LogP contribution in [0.1, 0.15) is 0 Å². The SMILES string of the molecule is COCN1C(=O)C(I)C=[N+](COC)C1=O. The predicted molar refractivity (Wildman–Crippen MR) is 60.1 cm³/mol. The van der Waals surface area contributed by atoms with E-state index >= 15 is 0 Å². The van der Waals surface area contributed by atoms with E-state index < -0.39 is 6.03 Å². The van der Waals surface area contributed by atoms with E-state index in [4.69, 9.17) is 9.47 Å². The van der Waals surface area contributed by atoms with Gasteiger partial charge in [0.15, 0.2) is 17.4 Å². The normalized spacial score (nSPS) is 21.9. The van der Waals surface area contributed by atoms with Crippen LogP contribution < -0.4 is 0 Å². The number of carbonyl (C=O) groups is 2. The van der Waals surface area contributed by atoms with Crippen molar-refractivity contribution in [1.29, 1.82) is 0 Å². The van der Waals surface area contributed by atoms with E-state index in [1.165, 1.54) is 18.8 Å². The quantitative estimate of drug-likeness (QED) is 0.416. The van der Waals surface area contributed by atoms with Crippen molar-refractivity contribution in [2.45, 2.75) is 3.92 Å². The molecule has 0 fully saturated rings. The molecule has 84 valence electrons. The topological polar surface area (TPSA) is 58.9 Å². The first-order valence-corrected chi connectivity index (χ1v) is 5.45. The van der Waals surface area contributed by atoms with Gasteiger partial charge >= 0.3 is 11.9 Å². The van der Waals surface area contributed by atoms with Gasteiger partial charge in [0.1, 0.15) is 0 Å². The highest BCUT2D eigenvalue weighted by Crippen LogP contribution is 2.10. The van der Waals surface area contributed by atoms with Crippen LogP contribution in [-0.2, 0) is 14.3 Å². The fraction of sp³-hybridized carbons (Fsp3) is 0.625. The van der Waals surface area contributed by atoms with Crippen LogP contribution in [0.2, 0.25) is 0 Å². The summed E-state index contributed by atoms with van der Waals surface area (Å²) in [4.78, 5) is 24.3. The molecule has 1 rings (SSSR count). The Morgan fingerprint density at radius 2 is 2.13 bits per heavy atom. The van der Waals surface area contributed by atoms with Gasteiger partial charge in [-0.1, -0.05) is 22.6 Å². The van der Waals surface area contributed by atoms with Gasteiger partial charge < -0.3 is 9.47 Å². The van der Waals surface area contributed by atoms with Crippen LogP contribution >= 0.6 is 22.6 Å². The van der Waals surface area contributed by atoms with Crippen molar-refractivity contribution in [3.8, 4) is 0 Å². The molecule has 0 bridgehead atoms. The summed E-state index contributed by atoms with van der Waals surface area (Å²) < 4.78 is 10.6. The third kappa shape index (κ3) is 2.73. The number of hydrogen-bond acceptors (Lipinski definition) is 4. The molecule has 0 saturated carbocycles. The fourth-order valence-electron chi connectivity index (χ4n) is 1.17. The van der Waals surface area contributed by atoms with Gasteiger partial charge in [-0.25, -0.2) is 4.79 Å². The van der Waals surface area contributed by atoms with Gasteiger partial charge in [-0.05, 0) is 0 Å². The molecule has 15 heavy (non-hydrogen) atoms. The Balaban J connectivity index is 2.89. The van der Waals surface area contributed by atoms with Crippen LogP contribution in [0.25, 0.3) is 0 Å². The first kappa shape index (κ1) is 12.5. The lowest BCUT2D eigenvalue weighted by Crippen LogP contribution is -2.52. The van der Waals surface area contributed by atoms with Crippen molar-refractivity contribution in [3.63, 3.8) is 0 Å². The second-order valence-electron chi connectivity index (χ2n) is 2.91. The highest BCUT2D eigenvalue weighted by Gasteiger charge is 2.41. The summed E-state index contributed by atoms with van der Waals surface area (Å²) >= 11 is 1.95. The number of amides is 3. The summed E-state index contributed by atoms with van der Waals surface area (Å²) in [7, 11) is 2.92. The van der Waals surface area contributed by atoms with Crippen molar-refractivity contribution in [3.05, 3.63) is 0 Å². The summed E-state index contributed by atoms with van der Waals surface area (Å²) in [6.07, 6.45) is 1.54. The number of imide groups is 1. The van der Waals surface area contributed by atoms with E-state index in [9.17, 15) is 9.59 Å². The highest BCUT2D eigenvalue weighted by molar-refractivity contribution is 14.1. The number of rotatable bonds is 4. The van der Waals surface area contributed by atoms with Crippen molar-refractivity contribution >= 4 is 40.7 Å². The maximum Gasteiger partial charge on any atom is 0.504 e. The minimum Gasteiger partial charge on any atom is -0.345 e. The van der Waals surface area contributed by atoms with E-state index in [0.717, 1.165) is 4.90 Å². The van der Waals surface area contributed by atoms with Crippen LogP contribution in [0, 0.1) is 0 Å². The summed E-state index contributed by atoms with van der Waals surface area (Å²) in [5.41, 5.74) is 0. The average Bonchev–Trinajstić information content (AvgIpc) is 2.21. The molecule has 7 heteroatoms. The molecule has 0 saturated heterocycles. The van der Waals surface area contributed by atoms with E-state index in [1.54, 1.807) is 6.21 Å². The molecule has 0 radical (unpaired) electrons. The molecule has 0 aromatic carbocycles. The Bertz CT molecular complexity index is 305. The fourth-order valence-corrected chi connectivity index (χ4v) is 1.89. The maximum absolute atomic E-state index is 11.7.